The summed E-state index contributed by atoms with van der Waals surface area (Å²) in [6.45, 7) is 10.9. The topological polar surface area (TPSA) is 68.3 Å². The Labute approximate surface area is 262 Å². The van der Waals surface area contributed by atoms with Gasteiger partial charge in [0.1, 0.15) is 12.4 Å². The maximum atomic E-state index is 14.9. The predicted molar refractivity (Wildman–Crippen MR) is 172 cm³/mol. The molecule has 1 unspecified atom stereocenters. The van der Waals surface area contributed by atoms with Gasteiger partial charge in [-0.15, -0.1) is 0 Å². The van der Waals surface area contributed by atoms with Crippen LogP contribution in [0.3, 0.4) is 0 Å². The number of amides is 2. The first-order chi connectivity index (χ1) is 21.1. The molecular formula is C37H46N2O5. The van der Waals surface area contributed by atoms with Crippen molar-refractivity contribution in [3.8, 4) is 11.1 Å². The zero-order valence-electron chi connectivity index (χ0n) is 26.9. The summed E-state index contributed by atoms with van der Waals surface area (Å²) in [5.74, 6) is -0.780. The molecule has 3 aromatic rings. The van der Waals surface area contributed by atoms with Crippen molar-refractivity contribution in [1.82, 2.24) is 9.80 Å². The van der Waals surface area contributed by atoms with E-state index >= 15 is 0 Å². The second-order valence-electron chi connectivity index (χ2n) is 13.2. The first-order valence-electron chi connectivity index (χ1n) is 15.6. The monoisotopic (exact) mass is 598 g/mol. The Hall–Kier alpha value is -3.68. The number of hydrogen-bond acceptors (Lipinski definition) is 5. The van der Waals surface area contributed by atoms with Gasteiger partial charge in [-0.1, -0.05) is 72.8 Å². The van der Waals surface area contributed by atoms with Crippen LogP contribution in [0.5, 0.6) is 0 Å². The molecule has 3 aromatic carbocycles. The van der Waals surface area contributed by atoms with Gasteiger partial charge in [-0.05, 0) is 80.8 Å². The van der Waals surface area contributed by atoms with Crippen molar-refractivity contribution >= 4 is 12.0 Å². The minimum absolute atomic E-state index is 0.0443. The Bertz CT molecular complexity index is 1450. The van der Waals surface area contributed by atoms with Gasteiger partial charge < -0.3 is 24.0 Å². The molecular weight excluding hydrogens is 552 g/mol. The quantitative estimate of drug-likeness (QED) is 0.246. The zero-order chi connectivity index (χ0) is 31.4. The van der Waals surface area contributed by atoms with Crippen LogP contribution in [-0.4, -0.2) is 66.5 Å². The van der Waals surface area contributed by atoms with Crippen molar-refractivity contribution in [2.24, 2.45) is 5.92 Å². The number of ether oxygens (including phenoxy) is 3. The molecule has 0 N–H and O–H groups in total. The lowest BCUT2D eigenvalue weighted by Gasteiger charge is -2.44. The molecule has 234 valence electrons. The average molecular weight is 599 g/mol. The fourth-order valence-electron chi connectivity index (χ4n) is 6.19. The van der Waals surface area contributed by atoms with E-state index in [0.717, 1.165) is 35.1 Å². The van der Waals surface area contributed by atoms with E-state index in [1.165, 1.54) is 11.1 Å². The molecule has 1 heterocycles. The molecule has 2 amide bonds. The van der Waals surface area contributed by atoms with Crippen LogP contribution >= 0.6 is 0 Å². The van der Waals surface area contributed by atoms with Gasteiger partial charge in [0.15, 0.2) is 0 Å². The van der Waals surface area contributed by atoms with Crippen molar-refractivity contribution in [2.45, 2.75) is 77.7 Å². The summed E-state index contributed by atoms with van der Waals surface area (Å²) in [7, 11) is 1.58. The zero-order valence-corrected chi connectivity index (χ0v) is 26.9. The van der Waals surface area contributed by atoms with E-state index in [0.29, 0.717) is 13.1 Å². The largest absolute Gasteiger partial charge is 0.444 e. The summed E-state index contributed by atoms with van der Waals surface area (Å²) in [5, 5.41) is 0. The normalized spacial score (nSPS) is 20.3. The highest BCUT2D eigenvalue weighted by Gasteiger charge is 2.47. The number of aryl methyl sites for hydroxylation is 1. The number of piperidine rings is 1. The second-order valence-corrected chi connectivity index (χ2v) is 13.2. The first kappa shape index (κ1) is 31.7. The summed E-state index contributed by atoms with van der Waals surface area (Å²) in [4.78, 5) is 32.0. The minimum atomic E-state index is -0.664. The van der Waals surface area contributed by atoms with Crippen LogP contribution < -0.4 is 0 Å². The highest BCUT2D eigenvalue weighted by Crippen LogP contribution is 2.40. The minimum Gasteiger partial charge on any atom is -0.444 e. The summed E-state index contributed by atoms with van der Waals surface area (Å²) in [6.07, 6.45) is 1.05. The van der Waals surface area contributed by atoms with E-state index in [1.807, 2.05) is 49.9 Å². The number of carbonyl (C=O) groups is 2. The molecule has 1 aliphatic carbocycles. The van der Waals surface area contributed by atoms with E-state index in [-0.39, 0.29) is 31.2 Å². The summed E-state index contributed by atoms with van der Waals surface area (Å²) in [6, 6.07) is 25.1. The Morgan fingerprint density at radius 2 is 1.61 bits per heavy atom. The number of methoxy groups -OCH3 is 1. The fraction of sp³-hybridized carbons (Fsp3) is 0.459. The van der Waals surface area contributed by atoms with Gasteiger partial charge in [-0.2, -0.15) is 0 Å². The van der Waals surface area contributed by atoms with Gasteiger partial charge in [0.05, 0.1) is 18.6 Å². The lowest BCUT2D eigenvalue weighted by atomic mass is 9.77. The number of carbonyl (C=O) groups excluding carboxylic acids is 2. The summed E-state index contributed by atoms with van der Waals surface area (Å²) in [5.41, 5.74) is 6.10. The Kier molecular flexibility index (Phi) is 9.76. The van der Waals surface area contributed by atoms with Gasteiger partial charge in [-0.3, -0.25) is 4.79 Å². The second kappa shape index (κ2) is 13.5. The van der Waals surface area contributed by atoms with Crippen molar-refractivity contribution in [1.29, 1.82) is 0 Å². The van der Waals surface area contributed by atoms with E-state index in [9.17, 15) is 9.59 Å². The van der Waals surface area contributed by atoms with E-state index in [2.05, 4.69) is 62.4 Å². The number of nitrogens with zero attached hydrogens (tertiary/aromatic N) is 2. The van der Waals surface area contributed by atoms with E-state index < -0.39 is 23.7 Å². The molecule has 0 bridgehead atoms. The van der Waals surface area contributed by atoms with Gasteiger partial charge in [-0.25, -0.2) is 4.79 Å². The van der Waals surface area contributed by atoms with Gasteiger partial charge in [0.2, 0.25) is 5.91 Å². The number of likely N-dealkylation sites (tertiary alicyclic amines) is 1. The first-order valence-corrected chi connectivity index (χ1v) is 15.6. The van der Waals surface area contributed by atoms with E-state index in [4.69, 9.17) is 14.2 Å². The summed E-state index contributed by atoms with van der Waals surface area (Å²) < 4.78 is 17.4. The average Bonchev–Trinajstić information content (AvgIpc) is 3.85. The number of rotatable bonds is 9. The van der Waals surface area contributed by atoms with Gasteiger partial charge >= 0.3 is 6.09 Å². The standard InChI is InChI=1S/C37H46N2O5/c1-25-12-10-17-30(26(25)2)21-39(31-18-19-31)35(40)32-22-38(36(41)44-37(3,4)5)23-33(43-24-42-6)34(32)29-16-11-15-28(20-29)27-13-8-7-9-14-27/h7-17,20,31-34H,18-19,21-24H2,1-6H3/t32?,33-,34-/m1/s1. The van der Waals surface area contributed by atoms with Crippen LogP contribution in [-0.2, 0) is 25.5 Å². The van der Waals surface area contributed by atoms with Crippen LogP contribution in [0.1, 0.15) is 61.8 Å². The molecule has 7 heteroatoms. The van der Waals surface area contributed by atoms with Gasteiger partial charge in [0.25, 0.3) is 0 Å². The third kappa shape index (κ3) is 7.51. The van der Waals surface area contributed by atoms with Gasteiger partial charge in [0, 0.05) is 32.2 Å². The molecule has 2 fully saturated rings. The van der Waals surface area contributed by atoms with Crippen LogP contribution in [0, 0.1) is 19.8 Å². The van der Waals surface area contributed by atoms with Crippen molar-refractivity contribution in [3.63, 3.8) is 0 Å². The molecule has 1 saturated heterocycles. The van der Waals surface area contributed by atoms with Crippen LogP contribution in [0.15, 0.2) is 72.8 Å². The third-order valence-corrected chi connectivity index (χ3v) is 8.73. The number of benzene rings is 3. The summed E-state index contributed by atoms with van der Waals surface area (Å²) >= 11 is 0. The Morgan fingerprint density at radius 3 is 2.30 bits per heavy atom. The molecule has 0 spiro atoms. The van der Waals surface area contributed by atoms with Crippen LogP contribution in [0.4, 0.5) is 4.79 Å². The number of hydrogen-bond donors (Lipinski definition) is 0. The Morgan fingerprint density at radius 1 is 0.909 bits per heavy atom. The van der Waals surface area contributed by atoms with E-state index in [1.54, 1.807) is 12.0 Å². The smallest absolute Gasteiger partial charge is 0.410 e. The molecule has 0 aromatic heterocycles. The maximum Gasteiger partial charge on any atom is 0.410 e. The molecule has 7 nitrogen and oxygen atoms in total. The molecule has 44 heavy (non-hydrogen) atoms. The maximum absolute atomic E-state index is 14.9. The van der Waals surface area contributed by atoms with Crippen molar-refractivity contribution in [2.75, 3.05) is 27.0 Å². The molecule has 0 radical (unpaired) electrons. The van der Waals surface area contributed by atoms with Crippen LogP contribution in [0.2, 0.25) is 0 Å². The lowest BCUT2D eigenvalue weighted by molar-refractivity contribution is -0.148. The molecule has 1 saturated carbocycles. The predicted octanol–water partition coefficient (Wildman–Crippen LogP) is 7.10. The highest BCUT2D eigenvalue weighted by atomic mass is 16.7. The molecule has 3 atom stereocenters. The van der Waals surface area contributed by atoms with Crippen molar-refractivity contribution < 1.29 is 23.8 Å². The Balaban J connectivity index is 1.56. The SMILES string of the molecule is COCO[C@@H]1CN(C(=O)OC(C)(C)C)CC(C(=O)N(Cc2cccc(C)c2C)C2CC2)[C@H]1c1cccc(-c2ccccc2)c1. The molecule has 5 rings (SSSR count). The van der Waals surface area contributed by atoms with Crippen LogP contribution in [0.25, 0.3) is 11.1 Å². The van der Waals surface area contributed by atoms with Crippen molar-refractivity contribution in [3.05, 3.63) is 95.1 Å². The highest BCUT2D eigenvalue weighted by molar-refractivity contribution is 5.82. The third-order valence-electron chi connectivity index (χ3n) is 8.73. The fourth-order valence-corrected chi connectivity index (χ4v) is 6.19. The molecule has 1 aliphatic heterocycles. The lowest BCUT2D eigenvalue weighted by Crippen LogP contribution is -2.56. The molecule has 2 aliphatic rings.